The average molecular weight is 330 g/mol. The quantitative estimate of drug-likeness (QED) is 0.704. The van der Waals surface area contributed by atoms with Crippen molar-refractivity contribution < 1.29 is 4.74 Å². The van der Waals surface area contributed by atoms with E-state index in [1.54, 1.807) is 10.9 Å². The molecule has 0 unspecified atom stereocenters. The van der Waals surface area contributed by atoms with Gasteiger partial charge in [-0.25, -0.2) is 14.6 Å². The van der Waals surface area contributed by atoms with Crippen LogP contribution in [0.1, 0.15) is 5.69 Å². The van der Waals surface area contributed by atoms with Crippen LogP contribution in [0.25, 0.3) is 5.69 Å². The number of aromatic nitrogens is 4. The van der Waals surface area contributed by atoms with E-state index in [1.807, 2.05) is 43.5 Å². The maximum Gasteiger partial charge on any atom is 0.157 e. The summed E-state index contributed by atoms with van der Waals surface area (Å²) < 4.78 is 7.44. The molecule has 1 N–H and O–H groups in total. The normalized spacial score (nSPS) is 10.5. The predicted molar refractivity (Wildman–Crippen MR) is 89.3 cm³/mol. The summed E-state index contributed by atoms with van der Waals surface area (Å²) in [5.41, 5.74) is 1.73. The van der Waals surface area contributed by atoms with Crippen LogP contribution in [0.4, 0.5) is 5.82 Å². The molecule has 3 aromatic rings. The summed E-state index contributed by atoms with van der Waals surface area (Å²) in [5.74, 6) is 1.32. The van der Waals surface area contributed by atoms with Gasteiger partial charge in [0.1, 0.15) is 23.8 Å². The fourth-order valence-corrected chi connectivity index (χ4v) is 2.19. The molecule has 2 aromatic heterocycles. The molecule has 0 saturated heterocycles. The largest absolute Gasteiger partial charge is 0.488 e. The van der Waals surface area contributed by atoms with Gasteiger partial charge >= 0.3 is 0 Å². The standard InChI is InChI=1S/C16H16ClN5O/c1-12-15(17)16(20-11-19-12)18-7-8-23-14-9-21-22(10-14)13-5-3-2-4-6-13/h2-6,9-11H,7-8H2,1H3,(H,18,19,20). The van der Waals surface area contributed by atoms with Crippen molar-refractivity contribution >= 4 is 17.4 Å². The molecule has 1 aromatic carbocycles. The van der Waals surface area contributed by atoms with Crippen LogP contribution in [0, 0.1) is 6.92 Å². The summed E-state index contributed by atoms with van der Waals surface area (Å²) in [6, 6.07) is 9.87. The lowest BCUT2D eigenvalue weighted by Crippen LogP contribution is -2.13. The molecule has 0 radical (unpaired) electrons. The van der Waals surface area contributed by atoms with Crippen LogP contribution in [-0.2, 0) is 0 Å². The molecule has 0 saturated carbocycles. The molecule has 0 aliphatic rings. The number of nitrogens with one attached hydrogen (secondary N) is 1. The molecule has 0 aliphatic heterocycles. The molecule has 2 heterocycles. The highest BCUT2D eigenvalue weighted by Crippen LogP contribution is 2.20. The highest BCUT2D eigenvalue weighted by atomic mass is 35.5. The molecule has 3 rings (SSSR count). The van der Waals surface area contributed by atoms with Crippen LogP contribution >= 0.6 is 11.6 Å². The van der Waals surface area contributed by atoms with Gasteiger partial charge in [0.05, 0.1) is 30.3 Å². The third-order valence-corrected chi connectivity index (χ3v) is 3.66. The molecule has 6 nitrogen and oxygen atoms in total. The maximum absolute atomic E-state index is 6.12. The van der Waals surface area contributed by atoms with Crippen molar-refractivity contribution in [2.75, 3.05) is 18.5 Å². The molecule has 118 valence electrons. The van der Waals surface area contributed by atoms with Gasteiger partial charge in [-0.05, 0) is 19.1 Å². The van der Waals surface area contributed by atoms with E-state index in [4.69, 9.17) is 16.3 Å². The van der Waals surface area contributed by atoms with E-state index in [1.165, 1.54) is 6.33 Å². The SMILES string of the molecule is Cc1ncnc(NCCOc2cnn(-c3ccccc3)c2)c1Cl. The minimum absolute atomic E-state index is 0.472. The first kappa shape index (κ1) is 15.3. The Kier molecular flexibility index (Phi) is 4.73. The Balaban J connectivity index is 1.52. The van der Waals surface area contributed by atoms with Gasteiger partial charge in [-0.3, -0.25) is 0 Å². The Morgan fingerprint density at radius 2 is 2.04 bits per heavy atom. The smallest absolute Gasteiger partial charge is 0.157 e. The maximum atomic E-state index is 6.12. The van der Waals surface area contributed by atoms with Crippen LogP contribution in [-0.4, -0.2) is 32.9 Å². The van der Waals surface area contributed by atoms with Crippen molar-refractivity contribution in [1.29, 1.82) is 0 Å². The summed E-state index contributed by atoms with van der Waals surface area (Å²) in [5, 5.41) is 7.94. The van der Waals surface area contributed by atoms with E-state index in [2.05, 4.69) is 20.4 Å². The van der Waals surface area contributed by atoms with Gasteiger partial charge in [0, 0.05) is 0 Å². The topological polar surface area (TPSA) is 64.9 Å². The Morgan fingerprint density at radius 1 is 1.22 bits per heavy atom. The monoisotopic (exact) mass is 329 g/mol. The molecule has 0 atom stereocenters. The molecule has 0 spiro atoms. The molecule has 23 heavy (non-hydrogen) atoms. The fourth-order valence-electron chi connectivity index (χ4n) is 2.02. The first-order valence-electron chi connectivity index (χ1n) is 7.18. The van der Waals surface area contributed by atoms with Crippen molar-refractivity contribution in [1.82, 2.24) is 19.7 Å². The van der Waals surface area contributed by atoms with Crippen LogP contribution in [0.3, 0.4) is 0 Å². The summed E-state index contributed by atoms with van der Waals surface area (Å²) in [7, 11) is 0. The third kappa shape index (κ3) is 3.78. The molecule has 0 fully saturated rings. The van der Waals surface area contributed by atoms with Gasteiger partial charge in [0.2, 0.25) is 0 Å². The number of halogens is 1. The Hall–Kier alpha value is -2.60. The van der Waals surface area contributed by atoms with E-state index in [-0.39, 0.29) is 0 Å². The number of ether oxygens (including phenoxy) is 1. The number of aryl methyl sites for hydroxylation is 1. The lowest BCUT2D eigenvalue weighted by molar-refractivity contribution is 0.332. The van der Waals surface area contributed by atoms with E-state index in [0.717, 1.165) is 11.4 Å². The molecular weight excluding hydrogens is 314 g/mol. The van der Waals surface area contributed by atoms with Crippen molar-refractivity contribution in [2.24, 2.45) is 0 Å². The van der Waals surface area contributed by atoms with Gasteiger partial charge < -0.3 is 10.1 Å². The van der Waals surface area contributed by atoms with E-state index in [0.29, 0.717) is 29.7 Å². The second-order valence-electron chi connectivity index (χ2n) is 4.85. The van der Waals surface area contributed by atoms with Crippen molar-refractivity contribution in [3.8, 4) is 11.4 Å². The van der Waals surface area contributed by atoms with E-state index < -0.39 is 0 Å². The van der Waals surface area contributed by atoms with Gasteiger partial charge in [-0.1, -0.05) is 29.8 Å². The number of nitrogens with zero attached hydrogens (tertiary/aromatic N) is 4. The van der Waals surface area contributed by atoms with Gasteiger partial charge in [-0.2, -0.15) is 5.10 Å². The predicted octanol–water partition coefficient (Wildman–Crippen LogP) is 3.12. The minimum atomic E-state index is 0.472. The number of hydrogen-bond donors (Lipinski definition) is 1. The highest BCUT2D eigenvalue weighted by Gasteiger charge is 2.05. The second kappa shape index (κ2) is 7.11. The second-order valence-corrected chi connectivity index (χ2v) is 5.23. The molecule has 0 bridgehead atoms. The summed E-state index contributed by atoms with van der Waals surface area (Å²) >= 11 is 6.12. The highest BCUT2D eigenvalue weighted by molar-refractivity contribution is 6.33. The number of rotatable bonds is 6. The summed E-state index contributed by atoms with van der Waals surface area (Å²) in [6.45, 7) is 2.89. The summed E-state index contributed by atoms with van der Waals surface area (Å²) in [4.78, 5) is 8.12. The number of para-hydroxylation sites is 1. The molecular formula is C16H16ClN5O. The van der Waals surface area contributed by atoms with Crippen LogP contribution in [0.15, 0.2) is 49.1 Å². The first-order valence-corrected chi connectivity index (χ1v) is 7.55. The van der Waals surface area contributed by atoms with Crippen molar-refractivity contribution in [2.45, 2.75) is 6.92 Å². The minimum Gasteiger partial charge on any atom is -0.488 e. The number of hydrogen-bond acceptors (Lipinski definition) is 5. The van der Waals surface area contributed by atoms with Crippen LogP contribution < -0.4 is 10.1 Å². The lowest BCUT2D eigenvalue weighted by Gasteiger charge is -2.08. The van der Waals surface area contributed by atoms with Gasteiger partial charge in [0.25, 0.3) is 0 Å². The number of anilines is 1. The Labute approximate surface area is 139 Å². The Bertz CT molecular complexity index is 775. The zero-order chi connectivity index (χ0) is 16.1. The molecule has 0 aliphatic carbocycles. The first-order chi connectivity index (χ1) is 11.2. The van der Waals surface area contributed by atoms with Crippen molar-refractivity contribution in [3.05, 3.63) is 59.8 Å². The average Bonchev–Trinajstić information content (AvgIpc) is 3.05. The molecule has 7 heteroatoms. The van der Waals surface area contributed by atoms with Crippen LogP contribution in [0.2, 0.25) is 5.02 Å². The van der Waals surface area contributed by atoms with Gasteiger partial charge in [0.15, 0.2) is 5.75 Å². The zero-order valence-corrected chi connectivity index (χ0v) is 13.4. The van der Waals surface area contributed by atoms with Gasteiger partial charge in [-0.15, -0.1) is 0 Å². The van der Waals surface area contributed by atoms with Crippen molar-refractivity contribution in [3.63, 3.8) is 0 Å². The number of benzene rings is 1. The Morgan fingerprint density at radius 3 is 2.87 bits per heavy atom. The van der Waals surface area contributed by atoms with E-state index >= 15 is 0 Å². The third-order valence-electron chi connectivity index (χ3n) is 3.21. The lowest BCUT2D eigenvalue weighted by atomic mass is 10.3. The fraction of sp³-hybridized carbons (Fsp3) is 0.188. The van der Waals surface area contributed by atoms with Crippen LogP contribution in [0.5, 0.6) is 5.75 Å². The summed E-state index contributed by atoms with van der Waals surface area (Å²) in [6.07, 6.45) is 5.01. The molecule has 0 amide bonds. The van der Waals surface area contributed by atoms with E-state index in [9.17, 15) is 0 Å². The zero-order valence-electron chi connectivity index (χ0n) is 12.6.